The number of hydrogen-bond donors (Lipinski definition) is 1. The Morgan fingerprint density at radius 2 is 1.50 bits per heavy atom. The van der Waals surface area contributed by atoms with Crippen LogP contribution in [0.3, 0.4) is 0 Å². The molecular weight excluding hydrogens is 202 g/mol. The number of unbranched alkanes of at least 4 members (excludes halogenated alkanes) is 6. The Kier molecular flexibility index (Phi) is 12.1. The number of carbonyl (C=O) groups excluding carboxylic acids is 1. The fourth-order valence-corrected chi connectivity index (χ4v) is 1.59. The van der Waals surface area contributed by atoms with E-state index in [4.69, 9.17) is 10.5 Å². The first-order valence-electron chi connectivity index (χ1n) is 6.63. The first-order valence-corrected chi connectivity index (χ1v) is 6.63. The second-order valence-electron chi connectivity index (χ2n) is 4.30. The highest BCUT2D eigenvalue weighted by Crippen LogP contribution is 2.03. The van der Waals surface area contributed by atoms with Crippen molar-refractivity contribution >= 4 is 5.91 Å². The molecule has 0 bridgehead atoms. The Hall–Kier alpha value is -0.570. The maximum atomic E-state index is 10.5. The second-order valence-corrected chi connectivity index (χ2v) is 4.30. The number of hydrogen-bond acceptors (Lipinski definition) is 2. The third-order valence-electron chi connectivity index (χ3n) is 2.60. The summed E-state index contributed by atoms with van der Waals surface area (Å²) in [7, 11) is 0. The minimum absolute atomic E-state index is 0.197. The number of amides is 1. The quantitative estimate of drug-likeness (QED) is 0.523. The summed E-state index contributed by atoms with van der Waals surface area (Å²) >= 11 is 0. The van der Waals surface area contributed by atoms with Crippen LogP contribution in [0.25, 0.3) is 0 Å². The molecule has 0 aliphatic carbocycles. The van der Waals surface area contributed by atoms with Crippen LogP contribution < -0.4 is 5.73 Å². The van der Waals surface area contributed by atoms with Crippen molar-refractivity contribution in [3.05, 3.63) is 0 Å². The molecule has 1 amide bonds. The summed E-state index contributed by atoms with van der Waals surface area (Å²) in [5, 5.41) is 0. The van der Waals surface area contributed by atoms with Gasteiger partial charge in [0.15, 0.2) is 0 Å². The van der Waals surface area contributed by atoms with Crippen LogP contribution >= 0.6 is 0 Å². The van der Waals surface area contributed by atoms with Crippen molar-refractivity contribution in [3.8, 4) is 0 Å². The van der Waals surface area contributed by atoms with Gasteiger partial charge in [-0.25, -0.2) is 0 Å². The lowest BCUT2D eigenvalue weighted by Gasteiger charge is -2.03. The highest BCUT2D eigenvalue weighted by Gasteiger charge is 1.95. The number of primary amides is 1. The van der Waals surface area contributed by atoms with E-state index in [1.807, 2.05) is 0 Å². The molecule has 0 saturated heterocycles. The topological polar surface area (TPSA) is 52.3 Å². The summed E-state index contributed by atoms with van der Waals surface area (Å²) in [6, 6.07) is 0. The monoisotopic (exact) mass is 229 g/mol. The third kappa shape index (κ3) is 13.4. The molecule has 0 rings (SSSR count). The lowest BCUT2D eigenvalue weighted by atomic mass is 10.2. The molecule has 0 aliphatic rings. The summed E-state index contributed by atoms with van der Waals surface area (Å²) < 4.78 is 5.50. The maximum absolute atomic E-state index is 10.5. The van der Waals surface area contributed by atoms with E-state index in [2.05, 4.69) is 6.92 Å². The van der Waals surface area contributed by atoms with Crippen LogP contribution in [0.2, 0.25) is 0 Å². The molecule has 0 aromatic heterocycles. The molecule has 0 fully saturated rings. The molecule has 96 valence electrons. The van der Waals surface area contributed by atoms with Crippen LogP contribution in [-0.2, 0) is 9.53 Å². The Morgan fingerprint density at radius 3 is 2.06 bits per heavy atom. The van der Waals surface area contributed by atoms with Crippen molar-refractivity contribution in [1.29, 1.82) is 0 Å². The summed E-state index contributed by atoms with van der Waals surface area (Å²) in [6.07, 6.45) is 9.93. The highest BCUT2D eigenvalue weighted by atomic mass is 16.5. The molecule has 0 saturated carbocycles. The van der Waals surface area contributed by atoms with Gasteiger partial charge in [-0.15, -0.1) is 0 Å². The number of ether oxygens (including phenoxy) is 1. The van der Waals surface area contributed by atoms with Crippen molar-refractivity contribution in [3.63, 3.8) is 0 Å². The van der Waals surface area contributed by atoms with E-state index in [0.717, 1.165) is 32.5 Å². The lowest BCUT2D eigenvalue weighted by molar-refractivity contribution is -0.118. The van der Waals surface area contributed by atoms with Gasteiger partial charge in [0.25, 0.3) is 0 Å². The Morgan fingerprint density at radius 1 is 0.938 bits per heavy atom. The van der Waals surface area contributed by atoms with Crippen LogP contribution in [0.15, 0.2) is 0 Å². The summed E-state index contributed by atoms with van der Waals surface area (Å²) in [4.78, 5) is 10.5. The van der Waals surface area contributed by atoms with Crippen molar-refractivity contribution in [1.82, 2.24) is 0 Å². The first-order chi connectivity index (χ1) is 7.77. The van der Waals surface area contributed by atoms with Gasteiger partial charge in [0.05, 0.1) is 0 Å². The molecule has 0 atom stereocenters. The Labute approximate surface area is 99.7 Å². The zero-order valence-electron chi connectivity index (χ0n) is 10.7. The van der Waals surface area contributed by atoms with Gasteiger partial charge in [-0.05, 0) is 19.3 Å². The molecule has 16 heavy (non-hydrogen) atoms. The fourth-order valence-electron chi connectivity index (χ4n) is 1.59. The molecule has 2 N–H and O–H groups in total. The van der Waals surface area contributed by atoms with Crippen LogP contribution in [0.1, 0.15) is 64.7 Å². The molecular formula is C13H27NO2. The predicted molar refractivity (Wildman–Crippen MR) is 67.2 cm³/mol. The van der Waals surface area contributed by atoms with Gasteiger partial charge in [0.1, 0.15) is 0 Å². The first kappa shape index (κ1) is 15.4. The van der Waals surface area contributed by atoms with Crippen molar-refractivity contribution in [2.75, 3.05) is 13.2 Å². The zero-order chi connectivity index (χ0) is 12.1. The van der Waals surface area contributed by atoms with Gasteiger partial charge >= 0.3 is 0 Å². The summed E-state index contributed by atoms with van der Waals surface area (Å²) in [5.74, 6) is -0.197. The molecule has 0 aromatic carbocycles. The van der Waals surface area contributed by atoms with E-state index in [0.29, 0.717) is 6.42 Å². The van der Waals surface area contributed by atoms with E-state index in [1.165, 1.54) is 32.1 Å². The smallest absolute Gasteiger partial charge is 0.217 e. The fraction of sp³-hybridized carbons (Fsp3) is 0.923. The SMILES string of the molecule is CCCCCCCOCCCCCC(N)=O. The molecule has 3 heteroatoms. The van der Waals surface area contributed by atoms with E-state index >= 15 is 0 Å². The number of carbonyl (C=O) groups is 1. The summed E-state index contributed by atoms with van der Waals surface area (Å²) in [6.45, 7) is 3.94. The van der Waals surface area contributed by atoms with Gasteiger partial charge in [-0.1, -0.05) is 39.0 Å². The van der Waals surface area contributed by atoms with E-state index in [1.54, 1.807) is 0 Å². The van der Waals surface area contributed by atoms with Gasteiger partial charge < -0.3 is 10.5 Å². The second kappa shape index (κ2) is 12.5. The van der Waals surface area contributed by atoms with Crippen LogP contribution in [-0.4, -0.2) is 19.1 Å². The average molecular weight is 229 g/mol. The van der Waals surface area contributed by atoms with Crippen LogP contribution in [0, 0.1) is 0 Å². The van der Waals surface area contributed by atoms with E-state index < -0.39 is 0 Å². The van der Waals surface area contributed by atoms with Crippen LogP contribution in [0.4, 0.5) is 0 Å². The van der Waals surface area contributed by atoms with Gasteiger partial charge in [-0.3, -0.25) is 4.79 Å². The minimum Gasteiger partial charge on any atom is -0.381 e. The van der Waals surface area contributed by atoms with Gasteiger partial charge in [-0.2, -0.15) is 0 Å². The van der Waals surface area contributed by atoms with Crippen molar-refractivity contribution < 1.29 is 9.53 Å². The minimum atomic E-state index is -0.197. The zero-order valence-corrected chi connectivity index (χ0v) is 10.7. The van der Waals surface area contributed by atoms with Gasteiger partial charge in [0, 0.05) is 19.6 Å². The number of nitrogens with two attached hydrogens (primary N) is 1. The molecule has 0 radical (unpaired) electrons. The normalized spacial score (nSPS) is 10.6. The molecule has 0 spiro atoms. The molecule has 0 heterocycles. The number of rotatable bonds is 12. The third-order valence-corrected chi connectivity index (χ3v) is 2.60. The Bertz CT molecular complexity index is 160. The van der Waals surface area contributed by atoms with Crippen LogP contribution in [0.5, 0.6) is 0 Å². The van der Waals surface area contributed by atoms with E-state index in [-0.39, 0.29) is 5.91 Å². The Balaban J connectivity index is 2.90. The highest BCUT2D eigenvalue weighted by molar-refractivity contribution is 5.73. The molecule has 0 aromatic rings. The molecule has 0 unspecified atom stereocenters. The van der Waals surface area contributed by atoms with E-state index in [9.17, 15) is 4.79 Å². The summed E-state index contributed by atoms with van der Waals surface area (Å²) in [5.41, 5.74) is 5.04. The van der Waals surface area contributed by atoms with Crippen molar-refractivity contribution in [2.45, 2.75) is 64.7 Å². The standard InChI is InChI=1S/C13H27NO2/c1-2-3-4-5-8-11-16-12-9-6-7-10-13(14)15/h2-12H2,1H3,(H2,14,15). The molecule has 3 nitrogen and oxygen atoms in total. The predicted octanol–water partition coefficient (Wildman–Crippen LogP) is 3.02. The lowest BCUT2D eigenvalue weighted by Crippen LogP contribution is -2.09. The van der Waals surface area contributed by atoms with Gasteiger partial charge in [0.2, 0.25) is 5.91 Å². The van der Waals surface area contributed by atoms with Crippen molar-refractivity contribution in [2.24, 2.45) is 5.73 Å². The maximum Gasteiger partial charge on any atom is 0.217 e. The largest absolute Gasteiger partial charge is 0.381 e. The molecule has 0 aliphatic heterocycles. The average Bonchev–Trinajstić information content (AvgIpc) is 2.25.